The zero-order chi connectivity index (χ0) is 21.5. The first kappa shape index (κ1) is 20.1. The van der Waals surface area contributed by atoms with E-state index in [-0.39, 0.29) is 36.6 Å². The molecule has 0 aliphatic heterocycles. The quantitative estimate of drug-likeness (QED) is 0.453. The van der Waals surface area contributed by atoms with Crippen LogP contribution in [0.25, 0.3) is 11.4 Å². The molecule has 4 rings (SSSR count). The van der Waals surface area contributed by atoms with Gasteiger partial charge in [0.2, 0.25) is 5.82 Å². The fourth-order valence-corrected chi connectivity index (χ4v) is 2.76. The van der Waals surface area contributed by atoms with E-state index in [1.54, 1.807) is 48.5 Å². The number of ether oxygens (including phenoxy) is 2. The molecule has 1 aromatic heterocycles. The number of carbonyl (C=O) groups excluding carboxylic acids is 1. The number of para-hydroxylation sites is 3. The predicted molar refractivity (Wildman–Crippen MR) is 111 cm³/mol. The molecule has 4 aromatic rings. The number of anilines is 1. The molecule has 0 atom stereocenters. The summed E-state index contributed by atoms with van der Waals surface area (Å²) >= 11 is 0. The van der Waals surface area contributed by atoms with Crippen molar-refractivity contribution in [2.24, 2.45) is 0 Å². The maximum atomic E-state index is 13.7. The average molecular weight is 419 g/mol. The number of amides is 1. The van der Waals surface area contributed by atoms with E-state index in [9.17, 15) is 9.18 Å². The van der Waals surface area contributed by atoms with Crippen molar-refractivity contribution in [2.45, 2.75) is 6.61 Å². The monoisotopic (exact) mass is 419 g/mol. The summed E-state index contributed by atoms with van der Waals surface area (Å²) in [5.41, 5.74) is 1.23. The molecule has 0 spiro atoms. The van der Waals surface area contributed by atoms with Crippen LogP contribution in [0.3, 0.4) is 0 Å². The van der Waals surface area contributed by atoms with E-state index in [1.165, 1.54) is 12.1 Å². The number of rotatable bonds is 8. The Morgan fingerprint density at radius 3 is 2.42 bits per heavy atom. The lowest BCUT2D eigenvalue weighted by molar-refractivity contribution is -0.118. The van der Waals surface area contributed by atoms with Crippen LogP contribution in [0.2, 0.25) is 0 Å². The van der Waals surface area contributed by atoms with E-state index in [1.807, 2.05) is 18.2 Å². The molecule has 7 nitrogen and oxygen atoms in total. The highest BCUT2D eigenvalue weighted by molar-refractivity contribution is 5.91. The van der Waals surface area contributed by atoms with Crippen LogP contribution in [0, 0.1) is 5.82 Å². The minimum Gasteiger partial charge on any atom is -0.483 e. The molecule has 1 amide bonds. The van der Waals surface area contributed by atoms with Crippen LogP contribution in [0.5, 0.6) is 11.5 Å². The molecule has 0 fully saturated rings. The fraction of sp³-hybridized carbons (Fsp3) is 0.0870. The Morgan fingerprint density at radius 1 is 0.903 bits per heavy atom. The number of hydrogen-bond donors (Lipinski definition) is 1. The van der Waals surface area contributed by atoms with Crippen LogP contribution >= 0.6 is 0 Å². The third-order valence-corrected chi connectivity index (χ3v) is 4.20. The second-order valence-corrected chi connectivity index (χ2v) is 6.43. The molecular formula is C23H18FN3O4. The van der Waals surface area contributed by atoms with Crippen LogP contribution in [0.1, 0.15) is 5.89 Å². The van der Waals surface area contributed by atoms with Crippen LogP contribution in [0.15, 0.2) is 83.4 Å². The van der Waals surface area contributed by atoms with Gasteiger partial charge < -0.3 is 19.3 Å². The Morgan fingerprint density at radius 2 is 1.61 bits per heavy atom. The van der Waals surface area contributed by atoms with Crippen molar-refractivity contribution in [1.82, 2.24) is 10.1 Å². The zero-order valence-corrected chi connectivity index (χ0v) is 16.3. The second kappa shape index (κ2) is 9.53. The number of benzene rings is 3. The van der Waals surface area contributed by atoms with Crippen molar-refractivity contribution in [1.29, 1.82) is 0 Å². The summed E-state index contributed by atoms with van der Waals surface area (Å²) in [4.78, 5) is 16.4. The molecule has 0 saturated carbocycles. The molecule has 0 unspecified atom stereocenters. The Hall–Kier alpha value is -4.20. The Labute approximate surface area is 177 Å². The molecular weight excluding hydrogens is 401 g/mol. The lowest BCUT2D eigenvalue weighted by Gasteiger charge is -2.09. The summed E-state index contributed by atoms with van der Waals surface area (Å²) in [6, 6.07) is 22.2. The van der Waals surface area contributed by atoms with Crippen molar-refractivity contribution >= 4 is 11.6 Å². The molecule has 1 heterocycles. The third-order valence-electron chi connectivity index (χ3n) is 4.20. The molecule has 0 radical (unpaired) electrons. The van der Waals surface area contributed by atoms with Crippen molar-refractivity contribution < 1.29 is 23.2 Å². The standard InChI is InChI=1S/C23H18FN3O4/c24-18-11-5-7-13-20(18)30-15-22-26-23(27-31-22)17-10-4-6-12-19(17)29-14-21(28)25-16-8-2-1-3-9-16/h1-13H,14-15H2,(H,25,28). The van der Waals surface area contributed by atoms with Gasteiger partial charge in [0.05, 0.1) is 5.56 Å². The summed E-state index contributed by atoms with van der Waals surface area (Å²) in [5, 5.41) is 6.69. The lowest BCUT2D eigenvalue weighted by atomic mass is 10.2. The van der Waals surface area contributed by atoms with E-state index < -0.39 is 5.82 Å². The van der Waals surface area contributed by atoms with Crippen LogP contribution in [-0.2, 0) is 11.4 Å². The molecule has 3 aromatic carbocycles. The molecule has 0 saturated heterocycles. The number of nitrogens with zero attached hydrogens (tertiary/aromatic N) is 2. The molecule has 31 heavy (non-hydrogen) atoms. The maximum Gasteiger partial charge on any atom is 0.264 e. The van der Waals surface area contributed by atoms with Gasteiger partial charge in [-0.25, -0.2) is 4.39 Å². The molecule has 1 N–H and O–H groups in total. The molecule has 156 valence electrons. The van der Waals surface area contributed by atoms with Crippen LogP contribution in [-0.4, -0.2) is 22.7 Å². The van der Waals surface area contributed by atoms with Gasteiger partial charge in [-0.15, -0.1) is 0 Å². The first-order valence-electron chi connectivity index (χ1n) is 9.46. The van der Waals surface area contributed by atoms with E-state index in [0.717, 1.165) is 0 Å². The topological polar surface area (TPSA) is 86.5 Å². The molecule has 0 aliphatic rings. The van der Waals surface area contributed by atoms with Crippen molar-refractivity contribution in [3.63, 3.8) is 0 Å². The van der Waals surface area contributed by atoms with Crippen molar-refractivity contribution in [3.05, 3.63) is 90.6 Å². The van der Waals surface area contributed by atoms with E-state index in [2.05, 4.69) is 15.5 Å². The van der Waals surface area contributed by atoms with Gasteiger partial charge in [-0.3, -0.25) is 4.79 Å². The fourth-order valence-electron chi connectivity index (χ4n) is 2.76. The van der Waals surface area contributed by atoms with Gasteiger partial charge >= 0.3 is 0 Å². The van der Waals surface area contributed by atoms with E-state index in [4.69, 9.17) is 14.0 Å². The molecule has 0 aliphatic carbocycles. The van der Waals surface area contributed by atoms with Gasteiger partial charge in [-0.1, -0.05) is 47.6 Å². The highest BCUT2D eigenvalue weighted by atomic mass is 19.1. The Kier molecular flexibility index (Phi) is 6.18. The van der Waals surface area contributed by atoms with Gasteiger partial charge in [0, 0.05) is 5.69 Å². The first-order valence-corrected chi connectivity index (χ1v) is 9.46. The highest BCUT2D eigenvalue weighted by Gasteiger charge is 2.15. The third kappa shape index (κ3) is 5.24. The number of carbonyl (C=O) groups is 1. The number of hydrogen-bond acceptors (Lipinski definition) is 6. The van der Waals surface area contributed by atoms with Gasteiger partial charge in [-0.05, 0) is 36.4 Å². The normalized spacial score (nSPS) is 10.5. The van der Waals surface area contributed by atoms with Gasteiger partial charge in [0.1, 0.15) is 5.75 Å². The Bertz CT molecular complexity index is 1160. The minimum atomic E-state index is -0.477. The smallest absolute Gasteiger partial charge is 0.264 e. The van der Waals surface area contributed by atoms with E-state index in [0.29, 0.717) is 17.0 Å². The maximum absolute atomic E-state index is 13.7. The highest BCUT2D eigenvalue weighted by Crippen LogP contribution is 2.28. The van der Waals surface area contributed by atoms with Crippen LogP contribution < -0.4 is 14.8 Å². The summed E-state index contributed by atoms with van der Waals surface area (Å²) in [6.45, 7) is -0.274. The number of halogens is 1. The zero-order valence-electron chi connectivity index (χ0n) is 16.3. The summed E-state index contributed by atoms with van der Waals surface area (Å²) in [5.74, 6) is 0.187. The first-order chi connectivity index (χ1) is 15.2. The van der Waals surface area contributed by atoms with Crippen molar-refractivity contribution in [2.75, 3.05) is 11.9 Å². The number of nitrogens with one attached hydrogen (secondary N) is 1. The van der Waals surface area contributed by atoms with E-state index >= 15 is 0 Å². The molecule has 0 bridgehead atoms. The molecule has 8 heteroatoms. The Balaban J connectivity index is 1.40. The summed E-state index contributed by atoms with van der Waals surface area (Å²) < 4.78 is 29.9. The SMILES string of the molecule is O=C(COc1ccccc1-c1noc(COc2ccccc2F)n1)Nc1ccccc1. The van der Waals surface area contributed by atoms with Gasteiger partial charge in [0.15, 0.2) is 24.8 Å². The van der Waals surface area contributed by atoms with Gasteiger partial charge in [-0.2, -0.15) is 4.98 Å². The predicted octanol–water partition coefficient (Wildman–Crippen LogP) is 4.47. The largest absolute Gasteiger partial charge is 0.483 e. The van der Waals surface area contributed by atoms with Crippen molar-refractivity contribution in [3.8, 4) is 22.9 Å². The average Bonchev–Trinajstić information content (AvgIpc) is 3.27. The lowest BCUT2D eigenvalue weighted by Crippen LogP contribution is -2.20. The summed E-state index contributed by atoms with van der Waals surface area (Å²) in [7, 11) is 0. The second-order valence-electron chi connectivity index (χ2n) is 6.43. The number of aromatic nitrogens is 2. The van der Waals surface area contributed by atoms with Gasteiger partial charge in [0.25, 0.3) is 11.8 Å². The van der Waals surface area contributed by atoms with Crippen LogP contribution in [0.4, 0.5) is 10.1 Å². The minimum absolute atomic E-state index is 0.0869. The summed E-state index contributed by atoms with van der Waals surface area (Å²) in [6.07, 6.45) is 0.